The molecule has 6 heteroatoms. The number of nitrogens with zero attached hydrogens (tertiary/aromatic N) is 1. The number of benzene rings is 1. The van der Waals surface area contributed by atoms with Crippen LogP contribution in [0.5, 0.6) is 5.75 Å². The van der Waals surface area contributed by atoms with E-state index >= 15 is 0 Å². The van der Waals surface area contributed by atoms with E-state index in [1.165, 1.54) is 12.1 Å². The molecule has 1 heterocycles. The normalized spacial score (nSPS) is 11.4. The lowest BCUT2D eigenvalue weighted by atomic mass is 10.1. The molecule has 0 aliphatic heterocycles. The Bertz CT molecular complexity index is 650. The van der Waals surface area contributed by atoms with E-state index in [2.05, 4.69) is 4.98 Å². The summed E-state index contributed by atoms with van der Waals surface area (Å²) in [6.45, 7) is 7.58. The van der Waals surface area contributed by atoms with E-state index in [9.17, 15) is 4.39 Å². The van der Waals surface area contributed by atoms with Crippen LogP contribution in [0.4, 0.5) is 10.2 Å². The van der Waals surface area contributed by atoms with Crippen molar-refractivity contribution in [2.75, 3.05) is 5.73 Å². The van der Waals surface area contributed by atoms with Gasteiger partial charge in [0, 0.05) is 16.8 Å². The Morgan fingerprint density at radius 3 is 2.55 bits per heavy atom. The summed E-state index contributed by atoms with van der Waals surface area (Å²) in [6.07, 6.45) is 1.08. The van der Waals surface area contributed by atoms with Crippen molar-refractivity contribution in [1.82, 2.24) is 4.98 Å². The smallest absolute Gasteiger partial charge is 0.166 e. The van der Waals surface area contributed by atoms with Gasteiger partial charge in [-0.2, -0.15) is 0 Å². The number of pyridine rings is 1. The van der Waals surface area contributed by atoms with Crippen LogP contribution in [0.25, 0.3) is 0 Å². The molecule has 0 bridgehead atoms. The summed E-state index contributed by atoms with van der Waals surface area (Å²) in [5.41, 5.74) is 7.03. The maximum atomic E-state index is 13.5. The van der Waals surface area contributed by atoms with Crippen molar-refractivity contribution in [3.05, 3.63) is 51.4 Å². The third kappa shape index (κ3) is 4.24. The molecule has 2 aromatic rings. The molecular formula is C16H19Cl2FN2O. The summed E-state index contributed by atoms with van der Waals surface area (Å²) < 4.78 is 19.2. The molecule has 0 radical (unpaired) electrons. The largest absolute Gasteiger partial charge is 0.482 e. The number of nitrogens with two attached hydrogens (primary N) is 1. The first kappa shape index (κ1) is 18.5. The van der Waals surface area contributed by atoms with E-state index < -0.39 is 11.9 Å². The van der Waals surface area contributed by atoms with Crippen molar-refractivity contribution < 1.29 is 9.13 Å². The Morgan fingerprint density at radius 2 is 1.91 bits per heavy atom. The minimum absolute atomic E-state index is 0.0517. The summed E-state index contributed by atoms with van der Waals surface area (Å²) in [5, 5.41) is 0.285. The highest BCUT2D eigenvalue weighted by atomic mass is 35.5. The van der Waals surface area contributed by atoms with Crippen LogP contribution in [0.1, 0.15) is 38.0 Å². The molecule has 0 aliphatic rings. The number of anilines is 1. The van der Waals surface area contributed by atoms with E-state index in [1.54, 1.807) is 19.2 Å². The molecular weight excluding hydrogens is 326 g/mol. The lowest BCUT2D eigenvalue weighted by Gasteiger charge is -2.19. The standard InChI is InChI=1S/C14H13Cl2FN2O.C2H6/c1-7-5-11(14(18)19-6-7)20-8(2)12-9(15)3-4-10(17)13(12)16;1-2/h3-6,8H,1-2H3,(H2,18,19);1-2H3. The van der Waals surface area contributed by atoms with Gasteiger partial charge >= 0.3 is 0 Å². The average Bonchev–Trinajstić information content (AvgIpc) is 2.49. The third-order valence-corrected chi connectivity index (χ3v) is 3.52. The van der Waals surface area contributed by atoms with E-state index in [0.29, 0.717) is 16.3 Å². The summed E-state index contributed by atoms with van der Waals surface area (Å²) in [4.78, 5) is 4.00. The van der Waals surface area contributed by atoms with E-state index in [-0.39, 0.29) is 10.8 Å². The molecule has 3 nitrogen and oxygen atoms in total. The van der Waals surface area contributed by atoms with Gasteiger partial charge in [-0.25, -0.2) is 9.37 Å². The number of halogens is 3. The monoisotopic (exact) mass is 344 g/mol. The zero-order valence-corrected chi connectivity index (χ0v) is 14.5. The van der Waals surface area contributed by atoms with Gasteiger partial charge in [0.1, 0.15) is 11.9 Å². The highest BCUT2D eigenvalue weighted by molar-refractivity contribution is 6.36. The predicted octanol–water partition coefficient (Wildman–Crippen LogP) is 5.58. The van der Waals surface area contributed by atoms with Crippen LogP contribution < -0.4 is 10.5 Å². The highest BCUT2D eigenvalue weighted by Crippen LogP contribution is 2.35. The second-order valence-corrected chi connectivity index (χ2v) is 5.20. The zero-order valence-electron chi connectivity index (χ0n) is 13.0. The van der Waals surface area contributed by atoms with Crippen molar-refractivity contribution in [1.29, 1.82) is 0 Å². The molecule has 22 heavy (non-hydrogen) atoms. The van der Waals surface area contributed by atoms with Crippen LogP contribution in [-0.4, -0.2) is 4.98 Å². The predicted molar refractivity (Wildman–Crippen MR) is 90.2 cm³/mol. The number of ether oxygens (including phenoxy) is 1. The first-order valence-electron chi connectivity index (χ1n) is 6.92. The van der Waals surface area contributed by atoms with Gasteiger partial charge in [-0.15, -0.1) is 0 Å². The molecule has 0 saturated heterocycles. The van der Waals surface area contributed by atoms with Crippen LogP contribution in [-0.2, 0) is 0 Å². The molecule has 0 spiro atoms. The Kier molecular flexibility index (Phi) is 6.91. The second-order valence-electron chi connectivity index (χ2n) is 4.41. The van der Waals surface area contributed by atoms with Gasteiger partial charge in [0.05, 0.1) is 5.02 Å². The van der Waals surface area contributed by atoms with Gasteiger partial charge < -0.3 is 10.5 Å². The molecule has 2 rings (SSSR count). The van der Waals surface area contributed by atoms with Crippen molar-refractivity contribution in [2.45, 2.75) is 33.8 Å². The minimum atomic E-state index is -0.559. The third-order valence-electron chi connectivity index (χ3n) is 2.81. The average molecular weight is 345 g/mol. The Morgan fingerprint density at radius 1 is 1.27 bits per heavy atom. The summed E-state index contributed by atoms with van der Waals surface area (Å²) in [5.74, 6) is 0.122. The van der Waals surface area contributed by atoms with Crippen molar-refractivity contribution in [2.24, 2.45) is 0 Å². The number of hydrogen-bond donors (Lipinski definition) is 1. The van der Waals surface area contributed by atoms with Crippen LogP contribution in [0.3, 0.4) is 0 Å². The fourth-order valence-corrected chi connectivity index (χ4v) is 2.49. The lowest BCUT2D eigenvalue weighted by Crippen LogP contribution is -2.08. The summed E-state index contributed by atoms with van der Waals surface area (Å²) in [6, 6.07) is 4.40. The highest BCUT2D eigenvalue weighted by Gasteiger charge is 2.19. The molecule has 0 fully saturated rings. The molecule has 120 valence electrons. The minimum Gasteiger partial charge on any atom is -0.482 e. The van der Waals surface area contributed by atoms with Gasteiger partial charge in [-0.3, -0.25) is 0 Å². The molecule has 1 aromatic heterocycles. The van der Waals surface area contributed by atoms with Gasteiger partial charge in [-0.1, -0.05) is 37.0 Å². The van der Waals surface area contributed by atoms with Crippen molar-refractivity contribution >= 4 is 29.0 Å². The van der Waals surface area contributed by atoms with Crippen LogP contribution in [0.15, 0.2) is 24.4 Å². The van der Waals surface area contributed by atoms with Gasteiger partial charge in [0.15, 0.2) is 11.6 Å². The second kappa shape index (κ2) is 8.20. The summed E-state index contributed by atoms with van der Waals surface area (Å²) >= 11 is 12.0. The SMILES string of the molecule is CC.Cc1cnc(N)c(OC(C)c2c(Cl)ccc(F)c2Cl)c1. The fourth-order valence-electron chi connectivity index (χ4n) is 1.81. The molecule has 0 aliphatic carbocycles. The summed E-state index contributed by atoms with van der Waals surface area (Å²) in [7, 11) is 0. The quantitative estimate of drug-likeness (QED) is 0.738. The van der Waals surface area contributed by atoms with Crippen LogP contribution >= 0.6 is 23.2 Å². The number of aryl methyl sites for hydroxylation is 1. The van der Waals surface area contributed by atoms with Crippen LogP contribution in [0.2, 0.25) is 10.0 Å². The fraction of sp³-hybridized carbons (Fsp3) is 0.312. The Labute approximate surface area is 140 Å². The van der Waals surface area contributed by atoms with E-state index in [1.807, 2.05) is 20.8 Å². The number of aromatic nitrogens is 1. The topological polar surface area (TPSA) is 48.1 Å². The number of nitrogen functional groups attached to an aromatic ring is 1. The van der Waals surface area contributed by atoms with Crippen molar-refractivity contribution in [3.63, 3.8) is 0 Å². The lowest BCUT2D eigenvalue weighted by molar-refractivity contribution is 0.227. The van der Waals surface area contributed by atoms with E-state index in [4.69, 9.17) is 33.7 Å². The number of hydrogen-bond acceptors (Lipinski definition) is 3. The first-order chi connectivity index (χ1) is 10.4. The molecule has 1 aromatic carbocycles. The molecule has 0 amide bonds. The molecule has 0 saturated carbocycles. The Hall–Kier alpha value is -1.52. The molecule has 1 atom stereocenters. The van der Waals surface area contributed by atoms with Crippen LogP contribution in [0, 0.1) is 12.7 Å². The van der Waals surface area contributed by atoms with Gasteiger partial charge in [0.2, 0.25) is 0 Å². The van der Waals surface area contributed by atoms with E-state index in [0.717, 1.165) is 5.56 Å². The van der Waals surface area contributed by atoms with Gasteiger partial charge in [0.25, 0.3) is 0 Å². The molecule has 2 N–H and O–H groups in total. The van der Waals surface area contributed by atoms with Crippen molar-refractivity contribution in [3.8, 4) is 5.75 Å². The maximum Gasteiger partial charge on any atom is 0.166 e. The maximum absolute atomic E-state index is 13.5. The molecule has 1 unspecified atom stereocenters. The zero-order chi connectivity index (χ0) is 16.9. The first-order valence-corrected chi connectivity index (χ1v) is 7.68. The van der Waals surface area contributed by atoms with Gasteiger partial charge in [-0.05, 0) is 37.6 Å². The number of rotatable bonds is 3. The Balaban J connectivity index is 0.00000116.